The van der Waals surface area contributed by atoms with Gasteiger partial charge in [-0.3, -0.25) is 4.79 Å². The number of carbonyl (C=O) groups excluding carboxylic acids is 1. The average Bonchev–Trinajstić information content (AvgIpc) is 3.25. The summed E-state index contributed by atoms with van der Waals surface area (Å²) in [7, 11) is 0. The molecule has 4 aromatic rings. The number of nitrogens with one attached hydrogen (secondary N) is 1. The first-order valence-electron chi connectivity index (χ1n) is 8.56. The number of fused-ring (bicyclic) bond motifs is 1. The number of rotatable bonds is 5. The molecule has 0 atom stereocenters. The quantitative estimate of drug-likeness (QED) is 0.589. The average molecular weight is 364 g/mol. The summed E-state index contributed by atoms with van der Waals surface area (Å²) in [5, 5.41) is 11.8. The van der Waals surface area contributed by atoms with Crippen LogP contribution in [0.3, 0.4) is 0 Å². The third-order valence-corrected chi connectivity index (χ3v) is 4.31. The number of nitrogens with zero attached hydrogens (tertiary/aromatic N) is 3. The lowest BCUT2D eigenvalue weighted by Crippen LogP contribution is -2.26. The Morgan fingerprint density at radius 3 is 2.74 bits per heavy atom. The van der Waals surface area contributed by atoms with Crippen LogP contribution >= 0.6 is 0 Å². The fraction of sp³-hybridized carbons (Fsp3) is 0.150. The van der Waals surface area contributed by atoms with Crippen LogP contribution in [0.1, 0.15) is 21.9 Å². The van der Waals surface area contributed by atoms with E-state index in [1.165, 1.54) is 16.8 Å². The maximum atomic E-state index is 13.1. The summed E-state index contributed by atoms with van der Waals surface area (Å²) in [6.45, 7) is 2.17. The number of benzene rings is 2. The molecule has 0 spiro atoms. The number of para-hydroxylation sites is 1. The van der Waals surface area contributed by atoms with Crippen molar-refractivity contribution < 1.29 is 13.6 Å². The van der Waals surface area contributed by atoms with Gasteiger partial charge >= 0.3 is 0 Å². The second-order valence-electron chi connectivity index (χ2n) is 6.17. The van der Waals surface area contributed by atoms with Gasteiger partial charge in [-0.2, -0.15) is 0 Å². The lowest BCUT2D eigenvalue weighted by Gasteiger charge is -2.04. The van der Waals surface area contributed by atoms with E-state index in [4.69, 9.17) is 4.42 Å². The molecule has 0 aliphatic carbocycles. The van der Waals surface area contributed by atoms with Gasteiger partial charge in [-0.15, -0.1) is 5.10 Å². The van der Waals surface area contributed by atoms with Gasteiger partial charge in [-0.05, 0) is 43.3 Å². The molecule has 136 valence electrons. The Hall–Kier alpha value is -3.48. The molecule has 2 heterocycles. The molecule has 2 aromatic heterocycles. The molecular weight excluding hydrogens is 347 g/mol. The Bertz CT molecular complexity index is 1070. The largest absolute Gasteiger partial charge is 0.461 e. The molecule has 0 aliphatic rings. The molecule has 7 heteroatoms. The van der Waals surface area contributed by atoms with Crippen LogP contribution in [0.5, 0.6) is 0 Å². The lowest BCUT2D eigenvalue weighted by molar-refractivity contribution is 0.0948. The first kappa shape index (κ1) is 17.0. The van der Waals surface area contributed by atoms with Crippen LogP contribution in [0.2, 0.25) is 0 Å². The second-order valence-corrected chi connectivity index (χ2v) is 6.17. The van der Waals surface area contributed by atoms with Gasteiger partial charge in [-0.25, -0.2) is 9.07 Å². The molecule has 6 nitrogen and oxygen atoms in total. The zero-order valence-corrected chi connectivity index (χ0v) is 14.6. The number of halogens is 1. The smallest absolute Gasteiger partial charge is 0.273 e. The van der Waals surface area contributed by atoms with Crippen molar-refractivity contribution >= 4 is 16.9 Å². The van der Waals surface area contributed by atoms with Crippen molar-refractivity contribution in [2.24, 2.45) is 0 Å². The first-order valence-corrected chi connectivity index (χ1v) is 8.56. The third kappa shape index (κ3) is 3.44. The number of carbonyl (C=O) groups is 1. The third-order valence-electron chi connectivity index (χ3n) is 4.31. The number of amides is 1. The fourth-order valence-corrected chi connectivity index (χ4v) is 2.91. The van der Waals surface area contributed by atoms with E-state index in [-0.39, 0.29) is 17.4 Å². The highest BCUT2D eigenvalue weighted by atomic mass is 19.1. The normalized spacial score (nSPS) is 11.0. The number of hydrogen-bond donors (Lipinski definition) is 1. The standard InChI is InChI=1S/C20H17FN4O2/c1-13-19(23-24-25(13)16-8-6-15(21)7-9-16)20(26)22-11-10-17-12-14-4-2-3-5-18(14)27-17/h2-9,12H,10-11H2,1H3,(H,22,26). The van der Waals surface area contributed by atoms with Gasteiger partial charge < -0.3 is 9.73 Å². The van der Waals surface area contributed by atoms with Crippen LogP contribution in [-0.4, -0.2) is 27.4 Å². The predicted molar refractivity (Wildman–Crippen MR) is 98.3 cm³/mol. The zero-order chi connectivity index (χ0) is 18.8. The Kier molecular flexibility index (Phi) is 4.42. The summed E-state index contributed by atoms with van der Waals surface area (Å²) in [5.41, 5.74) is 2.30. The monoisotopic (exact) mass is 364 g/mol. The highest BCUT2D eigenvalue weighted by Crippen LogP contribution is 2.19. The molecule has 0 saturated carbocycles. The fourth-order valence-electron chi connectivity index (χ4n) is 2.91. The predicted octanol–water partition coefficient (Wildman–Crippen LogP) is 3.43. The van der Waals surface area contributed by atoms with E-state index in [1.807, 2.05) is 30.3 Å². The van der Waals surface area contributed by atoms with Gasteiger partial charge in [0.15, 0.2) is 5.69 Å². The van der Waals surface area contributed by atoms with Gasteiger partial charge in [0, 0.05) is 18.4 Å². The van der Waals surface area contributed by atoms with E-state index in [0.29, 0.717) is 24.3 Å². The van der Waals surface area contributed by atoms with Crippen LogP contribution in [0.15, 0.2) is 59.0 Å². The molecule has 4 rings (SSSR count). The number of furan rings is 1. The minimum Gasteiger partial charge on any atom is -0.461 e. The van der Waals surface area contributed by atoms with Crippen molar-refractivity contribution in [1.29, 1.82) is 0 Å². The highest BCUT2D eigenvalue weighted by Gasteiger charge is 2.17. The van der Waals surface area contributed by atoms with Crippen molar-refractivity contribution in [3.63, 3.8) is 0 Å². The topological polar surface area (TPSA) is 73.0 Å². The molecule has 0 saturated heterocycles. The van der Waals surface area contributed by atoms with E-state index in [0.717, 1.165) is 16.7 Å². The lowest BCUT2D eigenvalue weighted by atomic mass is 10.2. The molecule has 0 unspecified atom stereocenters. The van der Waals surface area contributed by atoms with E-state index in [2.05, 4.69) is 15.6 Å². The van der Waals surface area contributed by atoms with Crippen LogP contribution < -0.4 is 5.32 Å². The minimum absolute atomic E-state index is 0.240. The molecule has 1 N–H and O–H groups in total. The van der Waals surface area contributed by atoms with E-state index in [1.54, 1.807) is 19.1 Å². The molecule has 1 amide bonds. The van der Waals surface area contributed by atoms with Gasteiger partial charge in [0.05, 0.1) is 11.4 Å². The van der Waals surface area contributed by atoms with Crippen molar-refractivity contribution in [1.82, 2.24) is 20.3 Å². The van der Waals surface area contributed by atoms with Gasteiger partial charge in [-0.1, -0.05) is 23.4 Å². The Morgan fingerprint density at radius 1 is 1.19 bits per heavy atom. The van der Waals surface area contributed by atoms with Crippen LogP contribution in [0, 0.1) is 12.7 Å². The molecule has 0 aliphatic heterocycles. The van der Waals surface area contributed by atoms with E-state index >= 15 is 0 Å². The minimum atomic E-state index is -0.333. The van der Waals surface area contributed by atoms with Crippen molar-refractivity contribution in [2.75, 3.05) is 6.54 Å². The van der Waals surface area contributed by atoms with Crippen molar-refractivity contribution in [3.8, 4) is 5.69 Å². The maximum Gasteiger partial charge on any atom is 0.273 e. The van der Waals surface area contributed by atoms with E-state index < -0.39 is 0 Å². The van der Waals surface area contributed by atoms with Gasteiger partial charge in [0.2, 0.25) is 0 Å². The summed E-state index contributed by atoms with van der Waals surface area (Å²) in [6, 6.07) is 15.6. The van der Waals surface area contributed by atoms with Crippen molar-refractivity contribution in [3.05, 3.63) is 77.6 Å². The zero-order valence-electron chi connectivity index (χ0n) is 14.6. The summed E-state index contributed by atoms with van der Waals surface area (Å²) < 4.78 is 20.3. The molecule has 27 heavy (non-hydrogen) atoms. The Labute approximate surface area is 154 Å². The Morgan fingerprint density at radius 2 is 1.96 bits per heavy atom. The first-order chi connectivity index (χ1) is 13.1. The number of hydrogen-bond acceptors (Lipinski definition) is 4. The summed E-state index contributed by atoms with van der Waals surface area (Å²) in [6.07, 6.45) is 0.575. The van der Waals surface area contributed by atoms with E-state index in [9.17, 15) is 9.18 Å². The Balaban J connectivity index is 1.41. The molecule has 0 fully saturated rings. The molecule has 0 radical (unpaired) electrons. The van der Waals surface area contributed by atoms with Crippen LogP contribution in [-0.2, 0) is 6.42 Å². The number of aromatic nitrogens is 3. The summed E-state index contributed by atoms with van der Waals surface area (Å²) >= 11 is 0. The SMILES string of the molecule is Cc1c(C(=O)NCCc2cc3ccccc3o2)nnn1-c1ccc(F)cc1. The second kappa shape index (κ2) is 7.03. The summed E-state index contributed by atoms with van der Waals surface area (Å²) in [5.74, 6) is 0.167. The van der Waals surface area contributed by atoms with Gasteiger partial charge in [0.1, 0.15) is 17.2 Å². The van der Waals surface area contributed by atoms with Crippen LogP contribution in [0.25, 0.3) is 16.7 Å². The van der Waals surface area contributed by atoms with Crippen LogP contribution in [0.4, 0.5) is 4.39 Å². The molecular formula is C20H17FN4O2. The highest BCUT2D eigenvalue weighted by molar-refractivity contribution is 5.93. The van der Waals surface area contributed by atoms with Crippen molar-refractivity contribution in [2.45, 2.75) is 13.3 Å². The summed E-state index contributed by atoms with van der Waals surface area (Å²) in [4.78, 5) is 12.4. The van der Waals surface area contributed by atoms with Gasteiger partial charge in [0.25, 0.3) is 5.91 Å². The maximum absolute atomic E-state index is 13.1. The molecule has 2 aromatic carbocycles. The molecule has 0 bridgehead atoms.